The fourth-order valence-corrected chi connectivity index (χ4v) is 8.46. The fraction of sp³-hybridized carbons (Fsp3) is 0.487. The molecule has 1 atom stereocenters. The summed E-state index contributed by atoms with van der Waals surface area (Å²) in [6.07, 6.45) is 6.99. The summed E-state index contributed by atoms with van der Waals surface area (Å²) in [5, 5.41) is 14.0. The van der Waals surface area contributed by atoms with E-state index in [2.05, 4.69) is 50.4 Å². The van der Waals surface area contributed by atoms with Gasteiger partial charge in [-0.15, -0.1) is 0 Å². The molecule has 8 rings (SSSR count). The van der Waals surface area contributed by atoms with Crippen molar-refractivity contribution in [2.24, 2.45) is 12.5 Å². The van der Waals surface area contributed by atoms with Crippen LogP contribution in [0.25, 0.3) is 11.1 Å². The number of pyridine rings is 3. The van der Waals surface area contributed by atoms with Crippen molar-refractivity contribution in [3.8, 4) is 16.9 Å². The number of hydrogen-bond donors (Lipinski definition) is 2. The van der Waals surface area contributed by atoms with Gasteiger partial charge >= 0.3 is 0 Å². The first-order chi connectivity index (χ1) is 25.1. The summed E-state index contributed by atoms with van der Waals surface area (Å²) < 4.78 is 15.2. The van der Waals surface area contributed by atoms with Gasteiger partial charge in [0, 0.05) is 80.6 Å². The molecule has 0 unspecified atom stereocenters. The van der Waals surface area contributed by atoms with Crippen LogP contribution < -0.4 is 25.4 Å². The van der Waals surface area contributed by atoms with E-state index in [9.17, 15) is 14.7 Å². The molecule has 1 aliphatic carbocycles. The number of aryl methyl sites for hydroxylation is 1. The molecule has 0 spiro atoms. The number of aliphatic hydroxyl groups excluding tert-OH is 1. The number of ether oxygens (including phenoxy) is 2. The zero-order valence-corrected chi connectivity index (χ0v) is 30.7. The van der Waals surface area contributed by atoms with Crippen LogP contribution >= 0.6 is 0 Å². The summed E-state index contributed by atoms with van der Waals surface area (Å²) in [5.41, 5.74) is 6.03. The zero-order valence-electron chi connectivity index (χ0n) is 30.7. The molecule has 2 N–H and O–H groups in total. The van der Waals surface area contributed by atoms with Crippen LogP contribution in [0.15, 0.2) is 47.7 Å². The number of nitrogens with one attached hydrogen (secondary N) is 1. The van der Waals surface area contributed by atoms with Crippen molar-refractivity contribution in [3.63, 3.8) is 0 Å². The zero-order chi connectivity index (χ0) is 36.3. The Morgan fingerprint density at radius 3 is 2.60 bits per heavy atom. The lowest BCUT2D eigenvalue weighted by molar-refractivity contribution is -0.0691. The van der Waals surface area contributed by atoms with Crippen molar-refractivity contribution in [2.75, 3.05) is 61.1 Å². The van der Waals surface area contributed by atoms with E-state index in [0.29, 0.717) is 77.2 Å². The molecule has 4 aliphatic rings. The summed E-state index contributed by atoms with van der Waals surface area (Å²) >= 11 is 0. The van der Waals surface area contributed by atoms with Crippen molar-refractivity contribution in [2.45, 2.75) is 65.8 Å². The second kappa shape index (κ2) is 13.4. The average molecular weight is 709 g/mol. The van der Waals surface area contributed by atoms with Gasteiger partial charge in [-0.1, -0.05) is 13.8 Å². The van der Waals surface area contributed by atoms with Crippen LogP contribution in [0.3, 0.4) is 0 Å². The van der Waals surface area contributed by atoms with Crippen molar-refractivity contribution < 1.29 is 19.4 Å². The Morgan fingerprint density at radius 2 is 1.90 bits per heavy atom. The van der Waals surface area contributed by atoms with Gasteiger partial charge in [0.2, 0.25) is 0 Å². The van der Waals surface area contributed by atoms with Gasteiger partial charge in [-0.3, -0.25) is 19.4 Å². The predicted octanol–water partition coefficient (Wildman–Crippen LogP) is 3.97. The third kappa shape index (κ3) is 5.94. The molecule has 4 aromatic rings. The Kier molecular flexibility index (Phi) is 8.83. The van der Waals surface area contributed by atoms with E-state index in [1.165, 1.54) is 10.3 Å². The molecule has 0 saturated carbocycles. The van der Waals surface area contributed by atoms with Crippen molar-refractivity contribution in [3.05, 3.63) is 75.7 Å². The molecule has 13 nitrogen and oxygen atoms in total. The maximum Gasteiger partial charge on any atom is 0.280 e. The van der Waals surface area contributed by atoms with E-state index in [-0.39, 0.29) is 23.5 Å². The Bertz CT molecular complexity index is 2070. The highest BCUT2D eigenvalue weighted by molar-refractivity contribution is 6.08. The number of anilines is 4. The topological polar surface area (TPSA) is 130 Å². The summed E-state index contributed by atoms with van der Waals surface area (Å²) in [5.74, 6) is 1.43. The number of amides is 1. The van der Waals surface area contributed by atoms with Gasteiger partial charge in [-0.25, -0.2) is 9.97 Å². The highest BCUT2D eigenvalue weighted by atomic mass is 16.5. The lowest BCUT2D eigenvalue weighted by Crippen LogP contribution is -2.59. The number of aliphatic hydroxyl groups is 1. The molecule has 0 bridgehead atoms. The van der Waals surface area contributed by atoms with Crippen LogP contribution in [-0.4, -0.2) is 93.1 Å². The summed E-state index contributed by atoms with van der Waals surface area (Å²) in [6, 6.07) is 8.39. The number of piperazine rings is 1. The summed E-state index contributed by atoms with van der Waals surface area (Å²) in [6.45, 7) is 14.3. The predicted molar refractivity (Wildman–Crippen MR) is 200 cm³/mol. The van der Waals surface area contributed by atoms with Crippen LogP contribution in [0.4, 0.5) is 23.0 Å². The number of rotatable bonds is 9. The van der Waals surface area contributed by atoms with Gasteiger partial charge in [-0.05, 0) is 61.9 Å². The maximum atomic E-state index is 14.3. The Balaban J connectivity index is 1.06. The van der Waals surface area contributed by atoms with Gasteiger partial charge in [0.25, 0.3) is 11.5 Å². The second-order valence-corrected chi connectivity index (χ2v) is 15.3. The van der Waals surface area contributed by atoms with Gasteiger partial charge < -0.3 is 33.9 Å². The molecule has 0 radical (unpaired) electrons. The van der Waals surface area contributed by atoms with Gasteiger partial charge in [0.05, 0.1) is 44.4 Å². The fourth-order valence-electron chi connectivity index (χ4n) is 8.46. The third-order valence-corrected chi connectivity index (χ3v) is 11.1. The number of fused-ring (bicyclic) bond motifs is 3. The third-order valence-electron chi connectivity index (χ3n) is 11.1. The average Bonchev–Trinajstić information content (AvgIpc) is 3.57. The molecule has 7 heterocycles. The lowest BCUT2D eigenvalue weighted by atomic mass is 9.90. The standard InChI is InChI=1S/C39H48N8O5/c1-6-52-35-29-16-39(3,4)17-32(29)46-13-14-47(38(50)34(35)46)36-30(21-48)28(9-10-40-36)25-15-31(37(49)43(5)20-25)42-33-8-7-26(18-41-33)45-12-11-44(19-24(45)2)27-22-51-23-27/h7-10,15,18,20,24,27,48H,6,11-14,16-17,19,21-23H2,1-5H3,(H,41,42)/t24-/m0/s1. The van der Waals surface area contributed by atoms with E-state index in [1.807, 2.05) is 31.3 Å². The Labute approximate surface area is 303 Å². The number of carbonyl (C=O) groups excluding carboxylic acids is 1. The Morgan fingerprint density at radius 1 is 1.08 bits per heavy atom. The summed E-state index contributed by atoms with van der Waals surface area (Å²) in [4.78, 5) is 43.5. The molecule has 2 saturated heterocycles. The highest BCUT2D eigenvalue weighted by Crippen LogP contribution is 2.46. The number of hydrogen-bond acceptors (Lipinski definition) is 10. The number of carbonyl (C=O) groups is 1. The molecule has 0 aromatic carbocycles. The second-order valence-electron chi connectivity index (χ2n) is 15.3. The monoisotopic (exact) mass is 708 g/mol. The van der Waals surface area contributed by atoms with Gasteiger partial charge in [0.15, 0.2) is 11.4 Å². The van der Waals surface area contributed by atoms with E-state index in [0.717, 1.165) is 56.9 Å². The minimum atomic E-state index is -0.345. The minimum absolute atomic E-state index is 0.113. The van der Waals surface area contributed by atoms with E-state index >= 15 is 0 Å². The van der Waals surface area contributed by atoms with Crippen LogP contribution in [0.5, 0.6) is 5.75 Å². The maximum absolute atomic E-state index is 14.3. The molecule has 2 fully saturated rings. The van der Waals surface area contributed by atoms with Gasteiger partial charge in [0.1, 0.15) is 17.3 Å². The molecule has 52 heavy (non-hydrogen) atoms. The van der Waals surface area contributed by atoms with Gasteiger partial charge in [-0.2, -0.15) is 0 Å². The molecule has 3 aliphatic heterocycles. The van der Waals surface area contributed by atoms with Crippen molar-refractivity contribution in [1.29, 1.82) is 0 Å². The van der Waals surface area contributed by atoms with Crippen LogP contribution in [-0.2, 0) is 37.8 Å². The number of nitrogens with zero attached hydrogens (tertiary/aromatic N) is 7. The minimum Gasteiger partial charge on any atom is -0.491 e. The van der Waals surface area contributed by atoms with E-state index in [1.54, 1.807) is 30.4 Å². The highest BCUT2D eigenvalue weighted by Gasteiger charge is 2.42. The van der Waals surface area contributed by atoms with Crippen molar-refractivity contribution in [1.82, 2.24) is 24.0 Å². The molecule has 4 aromatic heterocycles. The first-order valence-corrected chi connectivity index (χ1v) is 18.4. The van der Waals surface area contributed by atoms with Crippen LogP contribution in [0.1, 0.15) is 55.0 Å². The lowest BCUT2D eigenvalue weighted by Gasteiger charge is -2.46. The first-order valence-electron chi connectivity index (χ1n) is 18.4. The SMILES string of the molecule is CCOc1c2c(n3c1C(=O)N(c1nccc(-c4cc(Nc5ccc(N6CCN(C7COC7)C[C@@H]6C)cn5)c(=O)n(C)c4)c1CO)CC3)CC(C)(C)C2. The molecule has 1 amide bonds. The van der Waals surface area contributed by atoms with Crippen LogP contribution in [0, 0.1) is 5.41 Å². The quantitative estimate of drug-likeness (QED) is 0.264. The number of aromatic nitrogens is 4. The molecule has 274 valence electrons. The van der Waals surface area contributed by atoms with Crippen LogP contribution in [0.2, 0.25) is 0 Å². The van der Waals surface area contributed by atoms with Crippen molar-refractivity contribution >= 4 is 28.9 Å². The summed E-state index contributed by atoms with van der Waals surface area (Å²) in [7, 11) is 1.70. The molecule has 13 heteroatoms. The van der Waals surface area contributed by atoms with E-state index < -0.39 is 0 Å². The van der Waals surface area contributed by atoms with E-state index in [4.69, 9.17) is 9.47 Å². The Hall–Kier alpha value is -4.72. The normalized spacial score (nSPS) is 20.1. The largest absolute Gasteiger partial charge is 0.491 e. The smallest absolute Gasteiger partial charge is 0.280 e. The molecular weight excluding hydrogens is 660 g/mol. The first kappa shape index (κ1) is 34.4. The molecular formula is C39H48N8O5.